The first-order valence-electron chi connectivity index (χ1n) is 8.46. The standard InChI is InChI=1S/C18H12BrN3O5S2/c1-8(23)27-13(18(19)15(26)22-12(14(24)25)7-29-16(18)22)9-2-3-11-10(6-9)20-17-21(11)4-5-28-17/h2-7,13,16H,1H3,(H,24,25)/t13?,16-,18?/m1/s1. The lowest BCUT2D eigenvalue weighted by molar-refractivity contribution is -0.162. The van der Waals surface area contributed by atoms with E-state index in [2.05, 4.69) is 20.9 Å². The van der Waals surface area contributed by atoms with Crippen LogP contribution >= 0.6 is 39.0 Å². The minimum absolute atomic E-state index is 0.0774. The zero-order chi connectivity index (χ0) is 20.5. The Labute approximate surface area is 180 Å². The quantitative estimate of drug-likeness (QED) is 0.338. The number of ether oxygens (including phenoxy) is 1. The zero-order valence-corrected chi connectivity index (χ0v) is 18.0. The highest BCUT2D eigenvalue weighted by Gasteiger charge is 2.68. The number of imidazole rings is 1. The van der Waals surface area contributed by atoms with E-state index in [0.29, 0.717) is 5.56 Å². The molecule has 0 radical (unpaired) electrons. The number of amides is 1. The van der Waals surface area contributed by atoms with Gasteiger partial charge in [0.05, 0.1) is 11.0 Å². The molecular formula is C18H12BrN3O5S2. The smallest absolute Gasteiger partial charge is 0.353 e. The summed E-state index contributed by atoms with van der Waals surface area (Å²) in [4.78, 5) is 42.9. The maximum atomic E-state index is 13.0. The molecule has 3 aromatic rings. The SMILES string of the molecule is CC(=O)OC(c1ccc2c(c1)nc1sccn12)C1(Br)C(=O)N2C(C(=O)O)=CS[C@@H]21. The highest BCUT2D eigenvalue weighted by molar-refractivity contribution is 9.10. The first-order chi connectivity index (χ1) is 13.8. The number of β-lactam (4-membered cyclic amide) rings is 1. The Morgan fingerprint density at radius 3 is 2.93 bits per heavy atom. The number of carboxylic acid groups (broad SMARTS) is 1. The molecule has 3 atom stereocenters. The summed E-state index contributed by atoms with van der Waals surface area (Å²) in [6, 6.07) is 5.46. The van der Waals surface area contributed by atoms with Crippen LogP contribution < -0.4 is 0 Å². The fraction of sp³-hybridized carbons (Fsp3) is 0.222. The third kappa shape index (κ3) is 2.50. The third-order valence-electron chi connectivity index (χ3n) is 4.96. The number of hydrogen-bond acceptors (Lipinski definition) is 7. The summed E-state index contributed by atoms with van der Waals surface area (Å²) >= 11 is 6.21. The highest BCUT2D eigenvalue weighted by atomic mass is 79.9. The van der Waals surface area contributed by atoms with Crippen molar-refractivity contribution in [1.29, 1.82) is 0 Å². The van der Waals surface area contributed by atoms with E-state index in [1.165, 1.54) is 40.3 Å². The number of esters is 1. The van der Waals surface area contributed by atoms with Gasteiger partial charge in [-0.25, -0.2) is 9.78 Å². The fourth-order valence-corrected chi connectivity index (χ4v) is 6.72. The Hall–Kier alpha value is -2.37. The minimum Gasteiger partial charge on any atom is -0.477 e. The topological polar surface area (TPSA) is 101 Å². The van der Waals surface area contributed by atoms with Crippen LogP contribution in [0.4, 0.5) is 0 Å². The van der Waals surface area contributed by atoms with Gasteiger partial charge in [0.15, 0.2) is 15.4 Å². The highest BCUT2D eigenvalue weighted by Crippen LogP contribution is 2.58. The molecule has 0 spiro atoms. The molecule has 0 saturated carbocycles. The van der Waals surface area contributed by atoms with Crippen molar-refractivity contribution in [2.75, 3.05) is 0 Å². The molecule has 0 aliphatic carbocycles. The predicted molar refractivity (Wildman–Crippen MR) is 111 cm³/mol. The van der Waals surface area contributed by atoms with Crippen molar-refractivity contribution >= 4 is 72.9 Å². The number of aromatic nitrogens is 2. The number of benzene rings is 1. The van der Waals surface area contributed by atoms with Gasteiger partial charge >= 0.3 is 11.9 Å². The van der Waals surface area contributed by atoms with Crippen molar-refractivity contribution in [3.63, 3.8) is 0 Å². The summed E-state index contributed by atoms with van der Waals surface area (Å²) in [5.74, 6) is -2.18. The van der Waals surface area contributed by atoms with Crippen molar-refractivity contribution in [2.24, 2.45) is 0 Å². The first-order valence-corrected chi connectivity index (χ1v) is 11.1. The molecular weight excluding hydrogens is 482 g/mol. The van der Waals surface area contributed by atoms with Crippen LogP contribution in [0.2, 0.25) is 0 Å². The van der Waals surface area contributed by atoms with Gasteiger partial charge in [-0.1, -0.05) is 22.0 Å². The zero-order valence-electron chi connectivity index (χ0n) is 14.7. The molecule has 4 heterocycles. The molecule has 2 unspecified atom stereocenters. The number of alkyl halides is 1. The van der Waals surface area contributed by atoms with Crippen LogP contribution in [0, 0.1) is 0 Å². The Morgan fingerprint density at radius 1 is 1.41 bits per heavy atom. The lowest BCUT2D eigenvalue weighted by Gasteiger charge is -2.51. The second kappa shape index (κ2) is 6.31. The Kier molecular flexibility index (Phi) is 4.06. The van der Waals surface area contributed by atoms with E-state index in [-0.39, 0.29) is 5.70 Å². The van der Waals surface area contributed by atoms with Crippen LogP contribution in [0.3, 0.4) is 0 Å². The number of thiazole rings is 1. The molecule has 29 heavy (non-hydrogen) atoms. The summed E-state index contributed by atoms with van der Waals surface area (Å²) in [6.07, 6.45) is 0.985. The molecule has 1 amide bonds. The average Bonchev–Trinajstić information content (AvgIpc) is 3.37. The molecule has 2 aromatic heterocycles. The summed E-state index contributed by atoms with van der Waals surface area (Å²) in [6.45, 7) is 1.28. The molecule has 8 nitrogen and oxygen atoms in total. The van der Waals surface area contributed by atoms with Gasteiger partial charge < -0.3 is 9.84 Å². The lowest BCUT2D eigenvalue weighted by Crippen LogP contribution is -2.70. The molecule has 1 N–H and O–H groups in total. The number of fused-ring (bicyclic) bond motifs is 4. The molecule has 1 saturated heterocycles. The number of halogens is 1. The van der Waals surface area contributed by atoms with Crippen molar-refractivity contribution in [3.05, 3.63) is 46.4 Å². The predicted octanol–water partition coefficient (Wildman–Crippen LogP) is 3.13. The van der Waals surface area contributed by atoms with Gasteiger partial charge in [0.1, 0.15) is 11.1 Å². The van der Waals surface area contributed by atoms with Crippen LogP contribution in [0.1, 0.15) is 18.6 Å². The number of rotatable bonds is 4. The molecule has 0 bridgehead atoms. The van der Waals surface area contributed by atoms with Gasteiger partial charge in [-0.15, -0.1) is 23.1 Å². The van der Waals surface area contributed by atoms with Gasteiger partial charge in [-0.2, -0.15) is 0 Å². The molecule has 1 aromatic carbocycles. The summed E-state index contributed by atoms with van der Waals surface area (Å²) < 4.78 is 6.26. The fourth-order valence-electron chi connectivity index (χ4n) is 3.69. The molecule has 2 aliphatic rings. The van der Waals surface area contributed by atoms with Gasteiger partial charge in [-0.05, 0) is 17.7 Å². The third-order valence-corrected chi connectivity index (χ3v) is 8.41. The van der Waals surface area contributed by atoms with Gasteiger partial charge in [0, 0.05) is 23.9 Å². The largest absolute Gasteiger partial charge is 0.477 e. The second-order valence-electron chi connectivity index (χ2n) is 6.64. The first kappa shape index (κ1) is 18.6. The van der Waals surface area contributed by atoms with Crippen molar-refractivity contribution in [1.82, 2.24) is 14.3 Å². The van der Waals surface area contributed by atoms with Crippen molar-refractivity contribution in [2.45, 2.75) is 22.7 Å². The van der Waals surface area contributed by atoms with Crippen molar-refractivity contribution < 1.29 is 24.2 Å². The van der Waals surface area contributed by atoms with Crippen LogP contribution in [-0.4, -0.2) is 46.9 Å². The Bertz CT molecular complexity index is 1250. The number of aliphatic carboxylic acids is 1. The molecule has 5 rings (SSSR count). The lowest BCUT2D eigenvalue weighted by atomic mass is 9.86. The second-order valence-corrected chi connectivity index (χ2v) is 9.78. The number of carbonyl (C=O) groups is 3. The van der Waals surface area contributed by atoms with E-state index in [0.717, 1.165) is 16.0 Å². The number of carbonyl (C=O) groups excluding carboxylic acids is 2. The summed E-state index contributed by atoms with van der Waals surface area (Å²) in [5.41, 5.74) is 2.15. The normalized spacial score (nSPS) is 24.3. The van der Waals surface area contributed by atoms with Gasteiger partial charge in [-0.3, -0.25) is 18.9 Å². The summed E-state index contributed by atoms with van der Waals surface area (Å²) in [7, 11) is 0. The number of nitrogens with zero attached hydrogens (tertiary/aromatic N) is 3. The van der Waals surface area contributed by atoms with E-state index >= 15 is 0 Å². The van der Waals surface area contributed by atoms with E-state index in [4.69, 9.17) is 4.74 Å². The van der Waals surface area contributed by atoms with E-state index in [9.17, 15) is 19.5 Å². The van der Waals surface area contributed by atoms with Crippen LogP contribution in [0.25, 0.3) is 16.0 Å². The summed E-state index contributed by atoms with van der Waals surface area (Å²) in [5, 5.41) is 12.1. The number of carboxylic acids is 1. The van der Waals surface area contributed by atoms with Crippen LogP contribution in [0.5, 0.6) is 0 Å². The van der Waals surface area contributed by atoms with E-state index < -0.39 is 33.6 Å². The maximum Gasteiger partial charge on any atom is 0.353 e. The van der Waals surface area contributed by atoms with Gasteiger partial charge in [0.2, 0.25) is 0 Å². The molecule has 1 fully saturated rings. The maximum absolute atomic E-state index is 13.0. The van der Waals surface area contributed by atoms with E-state index in [1.807, 2.05) is 22.0 Å². The molecule has 2 aliphatic heterocycles. The monoisotopic (exact) mass is 493 g/mol. The van der Waals surface area contributed by atoms with Crippen LogP contribution in [0.15, 0.2) is 40.9 Å². The minimum atomic E-state index is -1.28. The van der Waals surface area contributed by atoms with Crippen LogP contribution in [-0.2, 0) is 19.1 Å². The Balaban J connectivity index is 1.58. The average molecular weight is 494 g/mol. The van der Waals surface area contributed by atoms with E-state index in [1.54, 1.807) is 12.1 Å². The number of thioether (sulfide) groups is 1. The molecule has 148 valence electrons. The number of hydrogen-bond donors (Lipinski definition) is 1. The Morgan fingerprint density at radius 2 is 2.21 bits per heavy atom. The van der Waals surface area contributed by atoms with Crippen molar-refractivity contribution in [3.8, 4) is 0 Å². The molecule has 11 heteroatoms. The van der Waals surface area contributed by atoms with Gasteiger partial charge in [0.25, 0.3) is 5.91 Å².